The fraction of sp³-hybridized carbons (Fsp3) is 0.412. The molecule has 0 saturated heterocycles. The lowest BCUT2D eigenvalue weighted by Gasteiger charge is -2.22. The number of nitrogens with one attached hydrogen (secondary N) is 1. The lowest BCUT2D eigenvalue weighted by atomic mass is 10.1. The molecule has 4 heteroatoms. The summed E-state index contributed by atoms with van der Waals surface area (Å²) < 4.78 is 19.3. The van der Waals surface area contributed by atoms with Crippen molar-refractivity contribution < 1.29 is 8.81 Å². The highest BCUT2D eigenvalue weighted by molar-refractivity contribution is 5.47. The molecule has 0 fully saturated rings. The Morgan fingerprint density at radius 2 is 1.90 bits per heavy atom. The first-order valence-electron chi connectivity index (χ1n) is 7.13. The van der Waals surface area contributed by atoms with Crippen LogP contribution in [0.3, 0.4) is 0 Å². The van der Waals surface area contributed by atoms with Crippen molar-refractivity contribution in [1.82, 2.24) is 5.32 Å². The Morgan fingerprint density at radius 1 is 1.19 bits per heavy atom. The Labute approximate surface area is 125 Å². The van der Waals surface area contributed by atoms with Gasteiger partial charge in [-0.05, 0) is 39.0 Å². The molecule has 0 bridgehead atoms. The minimum Gasteiger partial charge on any atom is -0.467 e. The molecule has 0 aliphatic rings. The van der Waals surface area contributed by atoms with Gasteiger partial charge in [0.05, 0.1) is 18.5 Å². The second kappa shape index (κ2) is 6.31. The van der Waals surface area contributed by atoms with Gasteiger partial charge in [-0.25, -0.2) is 4.39 Å². The molecule has 2 aromatic rings. The van der Waals surface area contributed by atoms with E-state index in [4.69, 9.17) is 4.42 Å². The highest BCUT2D eigenvalue weighted by atomic mass is 19.1. The smallest absolute Gasteiger partial charge is 0.146 e. The summed E-state index contributed by atoms with van der Waals surface area (Å²) in [7, 11) is 1.86. The highest BCUT2D eigenvalue weighted by Gasteiger charge is 2.15. The average Bonchev–Trinajstić information content (AvgIpc) is 2.83. The van der Waals surface area contributed by atoms with Crippen molar-refractivity contribution in [3.63, 3.8) is 0 Å². The van der Waals surface area contributed by atoms with E-state index >= 15 is 0 Å². The summed E-state index contributed by atoms with van der Waals surface area (Å²) in [6.07, 6.45) is 1.68. The molecule has 0 aliphatic carbocycles. The van der Waals surface area contributed by atoms with Crippen LogP contribution in [0.4, 0.5) is 10.1 Å². The van der Waals surface area contributed by atoms with Crippen molar-refractivity contribution >= 4 is 5.69 Å². The summed E-state index contributed by atoms with van der Waals surface area (Å²) in [6.45, 7) is 7.64. The van der Waals surface area contributed by atoms with E-state index in [0.29, 0.717) is 12.2 Å². The molecule has 0 radical (unpaired) electrons. The molecule has 0 aliphatic heterocycles. The summed E-state index contributed by atoms with van der Waals surface area (Å²) in [4.78, 5) is 1.86. The Hall–Kier alpha value is -1.81. The van der Waals surface area contributed by atoms with Crippen LogP contribution in [-0.2, 0) is 13.1 Å². The molecule has 114 valence electrons. The molecular formula is C17H23FN2O. The zero-order chi connectivity index (χ0) is 15.5. The highest BCUT2D eigenvalue weighted by Crippen LogP contribution is 2.21. The molecule has 0 atom stereocenters. The number of anilines is 1. The quantitative estimate of drug-likeness (QED) is 0.904. The molecule has 3 nitrogen and oxygen atoms in total. The van der Waals surface area contributed by atoms with E-state index in [-0.39, 0.29) is 11.4 Å². The number of hydrogen-bond donors (Lipinski definition) is 1. The SMILES string of the molecule is CN(Cc1occc1CNC(C)(C)C)c1ccccc1F. The van der Waals surface area contributed by atoms with Crippen LogP contribution in [0.5, 0.6) is 0 Å². The van der Waals surface area contributed by atoms with Crippen LogP contribution >= 0.6 is 0 Å². The van der Waals surface area contributed by atoms with Gasteiger partial charge in [-0.15, -0.1) is 0 Å². The van der Waals surface area contributed by atoms with Gasteiger partial charge in [0.25, 0.3) is 0 Å². The normalized spacial score (nSPS) is 11.7. The fourth-order valence-electron chi connectivity index (χ4n) is 2.09. The topological polar surface area (TPSA) is 28.4 Å². The van der Waals surface area contributed by atoms with Crippen molar-refractivity contribution in [3.8, 4) is 0 Å². The molecule has 2 rings (SSSR count). The summed E-state index contributed by atoms with van der Waals surface area (Å²) in [5.41, 5.74) is 1.73. The van der Waals surface area contributed by atoms with Crippen molar-refractivity contribution in [3.05, 3.63) is 53.7 Å². The zero-order valence-electron chi connectivity index (χ0n) is 13.1. The molecule has 0 amide bonds. The first-order chi connectivity index (χ1) is 9.87. The Morgan fingerprint density at radius 3 is 2.57 bits per heavy atom. The Bertz CT molecular complexity index is 586. The minimum atomic E-state index is -0.221. The maximum Gasteiger partial charge on any atom is 0.146 e. The molecule has 1 heterocycles. The lowest BCUT2D eigenvalue weighted by molar-refractivity contribution is 0.418. The summed E-state index contributed by atoms with van der Waals surface area (Å²) in [6, 6.07) is 8.72. The molecule has 1 N–H and O–H groups in total. The number of furan rings is 1. The number of benzene rings is 1. The van der Waals surface area contributed by atoms with Crippen LogP contribution in [0.2, 0.25) is 0 Å². The summed E-state index contributed by atoms with van der Waals surface area (Å²) in [5.74, 6) is 0.637. The maximum atomic E-state index is 13.8. The Kier molecular flexibility index (Phi) is 4.68. The first-order valence-corrected chi connectivity index (χ1v) is 7.13. The molecular weight excluding hydrogens is 267 g/mol. The van der Waals surface area contributed by atoms with E-state index < -0.39 is 0 Å². The number of para-hydroxylation sites is 1. The van der Waals surface area contributed by atoms with Gasteiger partial charge in [-0.1, -0.05) is 12.1 Å². The van der Waals surface area contributed by atoms with E-state index in [1.165, 1.54) is 6.07 Å². The number of hydrogen-bond acceptors (Lipinski definition) is 3. The van der Waals surface area contributed by atoms with Crippen molar-refractivity contribution in [2.24, 2.45) is 0 Å². The molecule has 0 unspecified atom stereocenters. The predicted molar refractivity (Wildman–Crippen MR) is 83.8 cm³/mol. The third-order valence-electron chi connectivity index (χ3n) is 3.29. The van der Waals surface area contributed by atoms with Crippen LogP contribution in [0.15, 0.2) is 41.0 Å². The van der Waals surface area contributed by atoms with Gasteiger partial charge >= 0.3 is 0 Å². The van der Waals surface area contributed by atoms with Crippen LogP contribution in [0.1, 0.15) is 32.1 Å². The monoisotopic (exact) mass is 290 g/mol. The first kappa shape index (κ1) is 15.6. The van der Waals surface area contributed by atoms with Gasteiger partial charge in [0, 0.05) is 24.7 Å². The van der Waals surface area contributed by atoms with Crippen molar-refractivity contribution in [2.75, 3.05) is 11.9 Å². The van der Waals surface area contributed by atoms with Crippen molar-refractivity contribution in [2.45, 2.75) is 39.4 Å². The van der Waals surface area contributed by atoms with Crippen LogP contribution in [0, 0.1) is 5.82 Å². The Balaban J connectivity index is 2.07. The third-order valence-corrected chi connectivity index (χ3v) is 3.29. The van der Waals surface area contributed by atoms with Gasteiger partial charge in [0.15, 0.2) is 0 Å². The fourth-order valence-corrected chi connectivity index (χ4v) is 2.09. The molecule has 0 saturated carbocycles. The molecule has 1 aromatic carbocycles. The van der Waals surface area contributed by atoms with Gasteiger partial charge in [0.2, 0.25) is 0 Å². The van der Waals surface area contributed by atoms with E-state index in [0.717, 1.165) is 17.9 Å². The average molecular weight is 290 g/mol. The minimum absolute atomic E-state index is 0.0476. The van der Waals surface area contributed by atoms with Gasteiger partial charge in [-0.3, -0.25) is 0 Å². The van der Waals surface area contributed by atoms with E-state index in [1.54, 1.807) is 18.4 Å². The zero-order valence-corrected chi connectivity index (χ0v) is 13.1. The van der Waals surface area contributed by atoms with E-state index in [1.807, 2.05) is 24.1 Å². The lowest BCUT2D eigenvalue weighted by Crippen LogP contribution is -2.35. The third kappa shape index (κ3) is 4.33. The largest absolute Gasteiger partial charge is 0.467 e. The van der Waals surface area contributed by atoms with Crippen LogP contribution in [0.25, 0.3) is 0 Å². The molecule has 21 heavy (non-hydrogen) atoms. The van der Waals surface area contributed by atoms with Gasteiger partial charge < -0.3 is 14.6 Å². The molecule has 0 spiro atoms. The number of rotatable bonds is 5. The van der Waals surface area contributed by atoms with E-state index in [2.05, 4.69) is 26.1 Å². The van der Waals surface area contributed by atoms with Crippen LogP contribution < -0.4 is 10.2 Å². The summed E-state index contributed by atoms with van der Waals surface area (Å²) in [5, 5.41) is 3.44. The van der Waals surface area contributed by atoms with Gasteiger partial charge in [0.1, 0.15) is 11.6 Å². The van der Waals surface area contributed by atoms with Gasteiger partial charge in [-0.2, -0.15) is 0 Å². The van der Waals surface area contributed by atoms with E-state index in [9.17, 15) is 4.39 Å². The number of nitrogens with zero attached hydrogens (tertiary/aromatic N) is 1. The second-order valence-corrected chi connectivity index (χ2v) is 6.28. The predicted octanol–water partition coefficient (Wildman–Crippen LogP) is 3.94. The maximum absolute atomic E-state index is 13.8. The number of halogens is 1. The molecule has 1 aromatic heterocycles. The summed E-state index contributed by atoms with van der Waals surface area (Å²) >= 11 is 0. The second-order valence-electron chi connectivity index (χ2n) is 6.28. The standard InChI is InChI=1S/C17H23FN2O/c1-17(2,3)19-11-13-9-10-21-16(13)12-20(4)15-8-6-5-7-14(15)18/h5-10,19H,11-12H2,1-4H3. The van der Waals surface area contributed by atoms with Crippen LogP contribution in [-0.4, -0.2) is 12.6 Å². The van der Waals surface area contributed by atoms with Crippen molar-refractivity contribution in [1.29, 1.82) is 0 Å².